The van der Waals surface area contributed by atoms with Gasteiger partial charge in [-0.25, -0.2) is 4.79 Å². The van der Waals surface area contributed by atoms with Gasteiger partial charge in [-0.05, 0) is 11.8 Å². The van der Waals surface area contributed by atoms with Crippen LogP contribution in [0.3, 0.4) is 0 Å². The first-order valence-electron chi connectivity index (χ1n) is 6.86. The molecular weight excluding hydrogens is 287 g/mol. The molecule has 0 unspecified atom stereocenters. The molecule has 5 nitrogen and oxygen atoms in total. The van der Waals surface area contributed by atoms with Crippen molar-refractivity contribution in [1.82, 2.24) is 15.5 Å². The second kappa shape index (κ2) is 8.86. The molecule has 0 bridgehead atoms. The fourth-order valence-electron chi connectivity index (χ4n) is 1.83. The lowest BCUT2D eigenvalue weighted by atomic mass is 10.1. The number of carbonyl (C=O) groups excluding carboxylic acids is 2. The minimum atomic E-state index is -4.50. The zero-order valence-corrected chi connectivity index (χ0v) is 12.9. The Labute approximate surface area is 123 Å². The maximum Gasteiger partial charge on any atom is 0.405 e. The van der Waals surface area contributed by atoms with Crippen LogP contribution in [0.4, 0.5) is 18.0 Å². The summed E-state index contributed by atoms with van der Waals surface area (Å²) < 4.78 is 35.7. The van der Waals surface area contributed by atoms with E-state index < -0.39 is 24.7 Å². The van der Waals surface area contributed by atoms with Crippen molar-refractivity contribution in [3.8, 4) is 0 Å². The summed E-state index contributed by atoms with van der Waals surface area (Å²) in [5, 5.41) is 3.49. The molecule has 3 amide bonds. The van der Waals surface area contributed by atoms with Gasteiger partial charge < -0.3 is 5.32 Å². The molecule has 0 heterocycles. The molecule has 0 aromatic rings. The second-order valence-corrected chi connectivity index (χ2v) is 5.83. The smallest absolute Gasteiger partial charge is 0.329 e. The number of alkyl halides is 3. The number of amides is 3. The largest absolute Gasteiger partial charge is 0.405 e. The van der Waals surface area contributed by atoms with Gasteiger partial charge in [-0.15, -0.1) is 0 Å². The molecule has 0 rings (SSSR count). The maximum absolute atomic E-state index is 11.9. The van der Waals surface area contributed by atoms with Crippen molar-refractivity contribution in [2.24, 2.45) is 11.8 Å². The van der Waals surface area contributed by atoms with E-state index in [0.717, 1.165) is 0 Å². The van der Waals surface area contributed by atoms with Gasteiger partial charge in [0.15, 0.2) is 0 Å². The Bertz CT molecular complexity index is 334. The number of halogens is 3. The van der Waals surface area contributed by atoms with E-state index in [2.05, 4.69) is 0 Å². The fraction of sp³-hybridized carbons (Fsp3) is 0.846. The molecule has 0 radical (unpaired) electrons. The van der Waals surface area contributed by atoms with Crippen molar-refractivity contribution < 1.29 is 22.8 Å². The summed E-state index contributed by atoms with van der Waals surface area (Å²) in [5.74, 6) is 0.0715. The minimum Gasteiger partial charge on any atom is -0.329 e. The van der Waals surface area contributed by atoms with E-state index in [4.69, 9.17) is 0 Å². The Balaban J connectivity index is 4.26. The van der Waals surface area contributed by atoms with Crippen molar-refractivity contribution in [3.63, 3.8) is 0 Å². The van der Waals surface area contributed by atoms with E-state index in [1.54, 1.807) is 5.32 Å². The first-order valence-corrected chi connectivity index (χ1v) is 6.86. The van der Waals surface area contributed by atoms with Gasteiger partial charge in [-0.2, -0.15) is 13.2 Å². The van der Waals surface area contributed by atoms with Gasteiger partial charge in [0.05, 0.1) is 6.54 Å². The molecule has 0 aromatic heterocycles. The van der Waals surface area contributed by atoms with Gasteiger partial charge in [0.1, 0.15) is 6.54 Å². The van der Waals surface area contributed by atoms with Crippen molar-refractivity contribution in [1.29, 1.82) is 0 Å². The average Bonchev–Trinajstić information content (AvgIpc) is 2.22. The van der Waals surface area contributed by atoms with Gasteiger partial charge in [0.2, 0.25) is 5.91 Å². The molecule has 2 N–H and O–H groups in total. The summed E-state index contributed by atoms with van der Waals surface area (Å²) in [5.41, 5.74) is 0. The standard InChI is InChI=1S/C13H24F3N3O2/c1-9(2)5-19(6-10(3)4)7-11(20)18-12(21)17-8-13(14,15)16/h9-10H,5-8H2,1-4H3,(H2,17,18,20,21). The third-order valence-electron chi connectivity index (χ3n) is 2.32. The molecule has 0 saturated heterocycles. The van der Waals surface area contributed by atoms with E-state index in [1.165, 1.54) is 0 Å². The number of urea groups is 1. The number of hydrogen-bond donors (Lipinski definition) is 2. The van der Waals surface area contributed by atoms with Gasteiger partial charge in [0, 0.05) is 13.1 Å². The van der Waals surface area contributed by atoms with Gasteiger partial charge in [0.25, 0.3) is 0 Å². The molecule has 21 heavy (non-hydrogen) atoms. The zero-order chi connectivity index (χ0) is 16.6. The van der Waals surface area contributed by atoms with E-state index in [9.17, 15) is 22.8 Å². The highest BCUT2D eigenvalue weighted by atomic mass is 19.4. The molecule has 0 spiro atoms. The number of imide groups is 1. The van der Waals surface area contributed by atoms with E-state index >= 15 is 0 Å². The maximum atomic E-state index is 11.9. The van der Waals surface area contributed by atoms with E-state index in [1.807, 2.05) is 37.9 Å². The van der Waals surface area contributed by atoms with Crippen LogP contribution in [0.15, 0.2) is 0 Å². The highest BCUT2D eigenvalue weighted by Gasteiger charge is 2.28. The van der Waals surface area contributed by atoms with Gasteiger partial charge >= 0.3 is 12.2 Å². The Hall–Kier alpha value is -1.31. The minimum absolute atomic E-state index is 0.0181. The Morgan fingerprint density at radius 1 is 1.05 bits per heavy atom. The lowest BCUT2D eigenvalue weighted by molar-refractivity contribution is -0.125. The first-order chi connectivity index (χ1) is 9.49. The third-order valence-corrected chi connectivity index (χ3v) is 2.32. The quantitative estimate of drug-likeness (QED) is 0.756. The predicted molar refractivity (Wildman–Crippen MR) is 73.7 cm³/mol. The van der Waals surface area contributed by atoms with Crippen molar-refractivity contribution in [3.05, 3.63) is 0 Å². The SMILES string of the molecule is CC(C)CN(CC(=O)NC(=O)NCC(F)(F)F)CC(C)C. The van der Waals surface area contributed by atoms with Crippen LogP contribution in [0.25, 0.3) is 0 Å². The van der Waals surface area contributed by atoms with E-state index in [0.29, 0.717) is 24.9 Å². The molecular formula is C13H24F3N3O2. The third kappa shape index (κ3) is 12.2. The van der Waals surface area contributed by atoms with Crippen LogP contribution in [0.5, 0.6) is 0 Å². The second-order valence-electron chi connectivity index (χ2n) is 5.83. The predicted octanol–water partition coefficient (Wildman–Crippen LogP) is 1.99. The van der Waals surface area contributed by atoms with Crippen molar-refractivity contribution >= 4 is 11.9 Å². The lowest BCUT2D eigenvalue weighted by Crippen LogP contribution is -2.47. The number of nitrogens with zero attached hydrogens (tertiary/aromatic N) is 1. The molecule has 0 fully saturated rings. The van der Waals surface area contributed by atoms with Crippen LogP contribution in [0.1, 0.15) is 27.7 Å². The summed E-state index contributed by atoms with van der Waals surface area (Å²) in [6.07, 6.45) is -4.50. The normalized spacial score (nSPS) is 12.1. The molecule has 0 aromatic carbocycles. The summed E-state index contributed by atoms with van der Waals surface area (Å²) in [4.78, 5) is 24.7. The topological polar surface area (TPSA) is 61.4 Å². The average molecular weight is 311 g/mol. The fourth-order valence-corrected chi connectivity index (χ4v) is 1.83. The number of rotatable bonds is 7. The Kier molecular flexibility index (Phi) is 8.31. The Morgan fingerprint density at radius 3 is 1.90 bits per heavy atom. The van der Waals surface area contributed by atoms with Crippen LogP contribution in [0.2, 0.25) is 0 Å². The lowest BCUT2D eigenvalue weighted by Gasteiger charge is -2.25. The van der Waals surface area contributed by atoms with Crippen molar-refractivity contribution in [2.75, 3.05) is 26.2 Å². The molecule has 0 aliphatic heterocycles. The van der Waals surface area contributed by atoms with Crippen LogP contribution >= 0.6 is 0 Å². The van der Waals surface area contributed by atoms with Gasteiger partial charge in [-0.1, -0.05) is 27.7 Å². The van der Waals surface area contributed by atoms with Crippen LogP contribution in [0, 0.1) is 11.8 Å². The summed E-state index contributed by atoms with van der Waals surface area (Å²) in [6, 6.07) is -1.13. The monoisotopic (exact) mass is 311 g/mol. The summed E-state index contributed by atoms with van der Waals surface area (Å²) in [7, 11) is 0. The molecule has 0 aliphatic carbocycles. The van der Waals surface area contributed by atoms with Crippen LogP contribution in [-0.2, 0) is 4.79 Å². The number of hydrogen-bond acceptors (Lipinski definition) is 3. The van der Waals surface area contributed by atoms with Crippen molar-refractivity contribution in [2.45, 2.75) is 33.9 Å². The number of nitrogens with one attached hydrogen (secondary N) is 2. The molecule has 8 heteroatoms. The molecule has 124 valence electrons. The summed E-state index contributed by atoms with van der Waals surface area (Å²) in [6.45, 7) is 7.88. The summed E-state index contributed by atoms with van der Waals surface area (Å²) >= 11 is 0. The van der Waals surface area contributed by atoms with Crippen LogP contribution in [-0.4, -0.2) is 49.2 Å². The van der Waals surface area contributed by atoms with Crippen LogP contribution < -0.4 is 10.6 Å². The first kappa shape index (κ1) is 19.7. The molecule has 0 saturated carbocycles. The van der Waals surface area contributed by atoms with Gasteiger partial charge in [-0.3, -0.25) is 15.0 Å². The Morgan fingerprint density at radius 2 is 1.52 bits per heavy atom. The highest BCUT2D eigenvalue weighted by Crippen LogP contribution is 2.11. The highest BCUT2D eigenvalue weighted by molar-refractivity contribution is 5.95. The zero-order valence-electron chi connectivity index (χ0n) is 12.9. The molecule has 0 atom stereocenters. The van der Waals surface area contributed by atoms with E-state index in [-0.39, 0.29) is 6.54 Å². The number of carbonyl (C=O) groups is 2. The molecule has 0 aliphatic rings.